The zero-order chi connectivity index (χ0) is 23.4. The summed E-state index contributed by atoms with van der Waals surface area (Å²) >= 11 is 0. The van der Waals surface area contributed by atoms with E-state index in [1.165, 1.54) is 17.5 Å². The molecule has 9 nitrogen and oxygen atoms in total. The number of amides is 1. The van der Waals surface area contributed by atoms with Crippen molar-refractivity contribution in [3.8, 4) is 17.0 Å². The largest absolute Gasteiger partial charge is 0.495 e. The number of carbonyl (C=O) groups is 1. The van der Waals surface area contributed by atoms with Gasteiger partial charge in [-0.1, -0.05) is 30.3 Å². The summed E-state index contributed by atoms with van der Waals surface area (Å²) in [4.78, 5) is 12.7. The van der Waals surface area contributed by atoms with Crippen LogP contribution in [0.3, 0.4) is 0 Å². The minimum atomic E-state index is -3.78. The summed E-state index contributed by atoms with van der Waals surface area (Å²) in [6.07, 6.45) is 0. The molecule has 10 heteroatoms. The molecule has 1 atom stereocenters. The molecular formula is C23H26N4O5S. The Balaban J connectivity index is 1.58. The lowest BCUT2D eigenvalue weighted by atomic mass is 10.1. The number of ether oxygens (including phenoxy) is 2. The number of hydrogen-bond donors (Lipinski definition) is 2. The fraction of sp³-hybridized carbons (Fsp3) is 0.304. The lowest BCUT2D eigenvalue weighted by Crippen LogP contribution is -2.40. The Labute approximate surface area is 192 Å². The van der Waals surface area contributed by atoms with Crippen LogP contribution in [0.2, 0.25) is 0 Å². The molecule has 174 valence electrons. The zero-order valence-corrected chi connectivity index (χ0v) is 19.3. The number of hydrogen-bond acceptors (Lipinski definition) is 6. The lowest BCUT2D eigenvalue weighted by molar-refractivity contribution is 0.0729. The highest BCUT2D eigenvalue weighted by Crippen LogP contribution is 2.32. The Morgan fingerprint density at radius 1 is 1.15 bits per heavy atom. The maximum atomic E-state index is 13.2. The molecule has 1 aromatic heterocycles. The van der Waals surface area contributed by atoms with Gasteiger partial charge in [-0.2, -0.15) is 9.40 Å². The van der Waals surface area contributed by atoms with Crippen LogP contribution in [0, 0.1) is 0 Å². The van der Waals surface area contributed by atoms with Gasteiger partial charge in [0.1, 0.15) is 16.3 Å². The number of methoxy groups -OCH3 is 1. The number of nitrogens with zero attached hydrogens (tertiary/aromatic N) is 2. The Morgan fingerprint density at radius 3 is 2.58 bits per heavy atom. The minimum absolute atomic E-state index is 0.0519. The fourth-order valence-electron chi connectivity index (χ4n) is 3.65. The van der Waals surface area contributed by atoms with E-state index >= 15 is 0 Å². The van der Waals surface area contributed by atoms with Gasteiger partial charge in [-0.15, -0.1) is 0 Å². The summed E-state index contributed by atoms with van der Waals surface area (Å²) in [6, 6.07) is 15.9. The molecule has 2 N–H and O–H groups in total. The zero-order valence-electron chi connectivity index (χ0n) is 18.4. The van der Waals surface area contributed by atoms with E-state index in [4.69, 9.17) is 9.47 Å². The first-order chi connectivity index (χ1) is 15.9. The average Bonchev–Trinajstić information content (AvgIpc) is 3.35. The SMILES string of the molecule is COc1ccc(-c2cc(C(=O)N[C@@H](C)c3ccccc3)[nH]n2)cc1S(=O)(=O)N1CCOCC1. The van der Waals surface area contributed by atoms with E-state index in [0.717, 1.165) is 5.56 Å². The summed E-state index contributed by atoms with van der Waals surface area (Å²) < 4.78 is 38.4. The van der Waals surface area contributed by atoms with Crippen molar-refractivity contribution in [1.29, 1.82) is 0 Å². The van der Waals surface area contributed by atoms with Crippen molar-refractivity contribution < 1.29 is 22.7 Å². The number of aromatic nitrogens is 2. The second-order valence-corrected chi connectivity index (χ2v) is 9.56. The molecule has 0 unspecified atom stereocenters. The van der Waals surface area contributed by atoms with E-state index < -0.39 is 10.0 Å². The highest BCUT2D eigenvalue weighted by atomic mass is 32.2. The molecule has 0 aliphatic carbocycles. The Bertz CT molecular complexity index is 1220. The van der Waals surface area contributed by atoms with Gasteiger partial charge in [0.2, 0.25) is 10.0 Å². The number of rotatable bonds is 7. The number of carbonyl (C=O) groups excluding carboxylic acids is 1. The maximum Gasteiger partial charge on any atom is 0.269 e. The van der Waals surface area contributed by atoms with Gasteiger partial charge in [0.15, 0.2) is 0 Å². The van der Waals surface area contributed by atoms with Crippen LogP contribution in [0.4, 0.5) is 0 Å². The van der Waals surface area contributed by atoms with Crippen LogP contribution in [0.5, 0.6) is 5.75 Å². The molecule has 1 aliphatic heterocycles. The molecule has 33 heavy (non-hydrogen) atoms. The minimum Gasteiger partial charge on any atom is -0.495 e. The van der Waals surface area contributed by atoms with E-state index in [1.54, 1.807) is 18.2 Å². The average molecular weight is 471 g/mol. The van der Waals surface area contributed by atoms with Crippen LogP contribution in [0.15, 0.2) is 59.5 Å². The summed E-state index contributed by atoms with van der Waals surface area (Å²) in [5.74, 6) is -0.0600. The van der Waals surface area contributed by atoms with Crippen LogP contribution in [0.1, 0.15) is 29.0 Å². The van der Waals surface area contributed by atoms with E-state index in [9.17, 15) is 13.2 Å². The number of nitrogens with one attached hydrogen (secondary N) is 2. The van der Waals surface area contributed by atoms with Crippen LogP contribution in [-0.4, -0.2) is 62.2 Å². The van der Waals surface area contributed by atoms with Gasteiger partial charge in [0, 0.05) is 18.7 Å². The second-order valence-electron chi connectivity index (χ2n) is 7.65. The Hall–Kier alpha value is -3.21. The first kappa shape index (κ1) is 23.0. The molecule has 0 radical (unpaired) electrons. The van der Waals surface area contributed by atoms with Crippen molar-refractivity contribution in [3.05, 3.63) is 65.9 Å². The molecular weight excluding hydrogens is 444 g/mol. The summed E-state index contributed by atoms with van der Waals surface area (Å²) in [5, 5.41) is 9.89. The number of aromatic amines is 1. The summed E-state index contributed by atoms with van der Waals surface area (Å²) in [6.45, 7) is 3.15. The van der Waals surface area contributed by atoms with Gasteiger partial charge in [-0.25, -0.2) is 8.42 Å². The van der Waals surface area contributed by atoms with E-state index in [2.05, 4.69) is 15.5 Å². The van der Waals surface area contributed by atoms with Crippen molar-refractivity contribution >= 4 is 15.9 Å². The smallest absolute Gasteiger partial charge is 0.269 e. The quantitative estimate of drug-likeness (QED) is 0.549. The molecule has 3 aromatic rings. The Morgan fingerprint density at radius 2 is 1.88 bits per heavy atom. The summed E-state index contributed by atoms with van der Waals surface area (Å²) in [7, 11) is -2.35. The van der Waals surface area contributed by atoms with Crippen molar-refractivity contribution in [2.24, 2.45) is 0 Å². The van der Waals surface area contributed by atoms with E-state index in [0.29, 0.717) is 24.5 Å². The molecule has 1 aliphatic rings. The van der Waals surface area contributed by atoms with Gasteiger partial charge in [-0.3, -0.25) is 9.89 Å². The summed E-state index contributed by atoms with van der Waals surface area (Å²) in [5.41, 5.74) is 2.27. The third kappa shape index (κ3) is 4.92. The predicted octanol–water partition coefficient (Wildman–Crippen LogP) is 2.60. The monoisotopic (exact) mass is 470 g/mol. The molecule has 0 bridgehead atoms. The standard InChI is InChI=1S/C23H26N4O5S/c1-16(17-6-4-3-5-7-17)24-23(28)20-15-19(25-26-20)18-8-9-21(31-2)22(14-18)33(29,30)27-10-12-32-13-11-27/h3-9,14-16H,10-13H2,1-2H3,(H,24,28)(H,25,26)/t16-/m0/s1. The number of morpholine rings is 1. The van der Waals surface area contributed by atoms with Crippen LogP contribution < -0.4 is 10.1 Å². The maximum absolute atomic E-state index is 13.2. The van der Waals surface area contributed by atoms with Crippen molar-refractivity contribution in [3.63, 3.8) is 0 Å². The third-order valence-corrected chi connectivity index (χ3v) is 7.44. The number of H-pyrrole nitrogens is 1. The Kier molecular flexibility index (Phi) is 6.77. The van der Waals surface area contributed by atoms with E-state index in [1.807, 2.05) is 37.3 Å². The van der Waals surface area contributed by atoms with Crippen molar-refractivity contribution in [2.75, 3.05) is 33.4 Å². The van der Waals surface area contributed by atoms with Gasteiger partial charge in [0.25, 0.3) is 5.91 Å². The van der Waals surface area contributed by atoms with Crippen LogP contribution >= 0.6 is 0 Å². The molecule has 2 aromatic carbocycles. The van der Waals surface area contributed by atoms with Crippen molar-refractivity contribution in [1.82, 2.24) is 19.8 Å². The first-order valence-electron chi connectivity index (χ1n) is 10.6. The highest BCUT2D eigenvalue weighted by Gasteiger charge is 2.30. The molecule has 1 fully saturated rings. The van der Waals surface area contributed by atoms with Gasteiger partial charge in [0.05, 0.1) is 32.1 Å². The number of benzene rings is 2. The predicted molar refractivity (Wildman–Crippen MR) is 122 cm³/mol. The van der Waals surface area contributed by atoms with Crippen LogP contribution in [0.25, 0.3) is 11.3 Å². The lowest BCUT2D eigenvalue weighted by Gasteiger charge is -2.26. The first-order valence-corrected chi connectivity index (χ1v) is 12.0. The van der Waals surface area contributed by atoms with Gasteiger partial charge < -0.3 is 14.8 Å². The molecule has 0 saturated carbocycles. The molecule has 1 saturated heterocycles. The van der Waals surface area contributed by atoms with Crippen molar-refractivity contribution in [2.45, 2.75) is 17.9 Å². The van der Waals surface area contributed by atoms with Gasteiger partial charge >= 0.3 is 0 Å². The highest BCUT2D eigenvalue weighted by molar-refractivity contribution is 7.89. The normalized spacial score (nSPS) is 15.7. The number of sulfonamides is 1. The van der Waals surface area contributed by atoms with E-state index in [-0.39, 0.29) is 41.4 Å². The molecule has 1 amide bonds. The molecule has 4 rings (SSSR count). The topological polar surface area (TPSA) is 114 Å². The van der Waals surface area contributed by atoms with Gasteiger partial charge in [-0.05, 0) is 36.8 Å². The second kappa shape index (κ2) is 9.74. The van der Waals surface area contributed by atoms with Crippen LogP contribution in [-0.2, 0) is 14.8 Å². The molecule has 2 heterocycles. The fourth-order valence-corrected chi connectivity index (χ4v) is 5.24. The third-order valence-electron chi connectivity index (χ3n) is 5.52. The molecule has 0 spiro atoms.